The van der Waals surface area contributed by atoms with Gasteiger partial charge in [-0.15, -0.1) is 0 Å². The molecule has 0 spiro atoms. The molecule has 0 aromatic carbocycles. The van der Waals surface area contributed by atoms with Gasteiger partial charge in [0.15, 0.2) is 5.82 Å². The summed E-state index contributed by atoms with van der Waals surface area (Å²) in [5.41, 5.74) is 5.76. The fourth-order valence-corrected chi connectivity index (χ4v) is 1.24. The highest BCUT2D eigenvalue weighted by Gasteiger charge is 2.10. The number of methoxy groups -OCH3 is 1. The van der Waals surface area contributed by atoms with E-state index >= 15 is 0 Å². The maximum Gasteiger partial charge on any atom is 0.228 e. The summed E-state index contributed by atoms with van der Waals surface area (Å²) >= 11 is 0. The van der Waals surface area contributed by atoms with E-state index in [1.165, 1.54) is 0 Å². The van der Waals surface area contributed by atoms with Gasteiger partial charge in [-0.1, -0.05) is 12.1 Å². The summed E-state index contributed by atoms with van der Waals surface area (Å²) in [5, 5.41) is 3.79. The lowest BCUT2D eigenvalue weighted by Gasteiger charge is -2.05. The molecule has 0 radical (unpaired) electrons. The predicted octanol–water partition coefficient (Wildman–Crippen LogP) is 0.512. The summed E-state index contributed by atoms with van der Waals surface area (Å²) in [6.45, 7) is 3.61. The van der Waals surface area contributed by atoms with Crippen LogP contribution in [0.5, 0.6) is 0 Å². The molecule has 0 saturated carbocycles. The first-order chi connectivity index (χ1) is 7.76. The zero-order valence-corrected chi connectivity index (χ0v) is 9.81. The first kappa shape index (κ1) is 13.1. The lowest BCUT2D eigenvalue weighted by Crippen LogP contribution is -2.28. The minimum atomic E-state index is -0.116. The Bertz CT molecular complexity index is 291. The minimum Gasteiger partial charge on any atom is -0.383 e. The third-order valence-corrected chi connectivity index (χ3v) is 1.91. The summed E-state index contributed by atoms with van der Waals surface area (Å²) in [7, 11) is 1.61. The van der Waals surface area contributed by atoms with Crippen LogP contribution in [0, 0.1) is 0 Å². The van der Waals surface area contributed by atoms with E-state index < -0.39 is 0 Å². The zero-order valence-electron chi connectivity index (χ0n) is 9.81. The van der Waals surface area contributed by atoms with Crippen LogP contribution in [0.4, 0.5) is 0 Å². The molecule has 0 amide bonds. The molecule has 2 N–H and O–H groups in total. The normalized spacial score (nSPS) is 12.9. The van der Waals surface area contributed by atoms with Crippen molar-refractivity contribution in [2.24, 2.45) is 5.73 Å². The van der Waals surface area contributed by atoms with Crippen molar-refractivity contribution in [3.05, 3.63) is 11.7 Å². The zero-order chi connectivity index (χ0) is 11.8. The van der Waals surface area contributed by atoms with E-state index in [2.05, 4.69) is 10.1 Å². The van der Waals surface area contributed by atoms with E-state index in [-0.39, 0.29) is 6.04 Å². The molecule has 1 atom stereocenters. The van der Waals surface area contributed by atoms with Gasteiger partial charge in [-0.25, -0.2) is 0 Å². The van der Waals surface area contributed by atoms with Crippen molar-refractivity contribution in [3.8, 4) is 0 Å². The Hall–Kier alpha value is -0.980. The van der Waals surface area contributed by atoms with Crippen molar-refractivity contribution in [1.82, 2.24) is 10.1 Å². The van der Waals surface area contributed by atoms with Crippen LogP contribution in [0.2, 0.25) is 0 Å². The first-order valence-corrected chi connectivity index (χ1v) is 5.40. The molecule has 1 unspecified atom stereocenters. The summed E-state index contributed by atoms with van der Waals surface area (Å²) in [4.78, 5) is 4.17. The second kappa shape index (κ2) is 7.32. The summed E-state index contributed by atoms with van der Waals surface area (Å²) < 4.78 is 15.3. The van der Waals surface area contributed by atoms with Crippen LogP contribution in [0.1, 0.15) is 25.1 Å². The molecular formula is C10H19N3O3. The highest BCUT2D eigenvalue weighted by molar-refractivity contribution is 4.87. The molecule has 92 valence electrons. The van der Waals surface area contributed by atoms with Crippen LogP contribution in [-0.4, -0.2) is 36.5 Å². The molecule has 16 heavy (non-hydrogen) atoms. The molecule has 0 aliphatic heterocycles. The first-order valence-electron chi connectivity index (χ1n) is 5.40. The van der Waals surface area contributed by atoms with Gasteiger partial charge in [-0.3, -0.25) is 0 Å². The molecule has 1 aromatic heterocycles. The SMILES string of the molecule is CCCOCc1noc(CC(N)COC)n1. The lowest BCUT2D eigenvalue weighted by atomic mass is 10.2. The molecule has 6 nitrogen and oxygen atoms in total. The topological polar surface area (TPSA) is 83.4 Å². The Kier molecular flexibility index (Phi) is 5.99. The largest absolute Gasteiger partial charge is 0.383 e. The number of nitrogens with zero attached hydrogens (tertiary/aromatic N) is 2. The molecule has 1 rings (SSSR count). The van der Waals surface area contributed by atoms with Gasteiger partial charge in [0.1, 0.15) is 6.61 Å². The molecule has 0 saturated heterocycles. The summed E-state index contributed by atoms with van der Waals surface area (Å²) in [6, 6.07) is -0.116. The molecule has 0 aliphatic carbocycles. The van der Waals surface area contributed by atoms with Gasteiger partial charge in [0.2, 0.25) is 5.89 Å². The van der Waals surface area contributed by atoms with Crippen LogP contribution < -0.4 is 5.73 Å². The second-order valence-electron chi connectivity index (χ2n) is 3.58. The van der Waals surface area contributed by atoms with E-state index in [1.54, 1.807) is 7.11 Å². The van der Waals surface area contributed by atoms with Crippen molar-refractivity contribution >= 4 is 0 Å². The Morgan fingerprint density at radius 2 is 2.31 bits per heavy atom. The van der Waals surface area contributed by atoms with E-state index in [0.717, 1.165) is 6.42 Å². The predicted molar refractivity (Wildman–Crippen MR) is 57.8 cm³/mol. The average Bonchev–Trinajstić information content (AvgIpc) is 2.66. The van der Waals surface area contributed by atoms with Crippen molar-refractivity contribution in [1.29, 1.82) is 0 Å². The molecule has 1 heterocycles. The Labute approximate surface area is 95.1 Å². The number of hydrogen-bond donors (Lipinski definition) is 1. The molecule has 0 aliphatic rings. The third-order valence-electron chi connectivity index (χ3n) is 1.91. The quantitative estimate of drug-likeness (QED) is 0.654. The Morgan fingerprint density at radius 3 is 3.00 bits per heavy atom. The van der Waals surface area contributed by atoms with Gasteiger partial charge in [-0.2, -0.15) is 4.98 Å². The number of nitrogens with two attached hydrogens (primary N) is 1. The van der Waals surface area contributed by atoms with Crippen LogP contribution in [-0.2, 0) is 22.5 Å². The van der Waals surface area contributed by atoms with Crippen molar-refractivity contribution in [2.45, 2.75) is 32.4 Å². The fraction of sp³-hybridized carbons (Fsp3) is 0.800. The molecular weight excluding hydrogens is 210 g/mol. The maximum absolute atomic E-state index is 5.76. The molecule has 1 aromatic rings. The van der Waals surface area contributed by atoms with Crippen LogP contribution in [0.3, 0.4) is 0 Å². The maximum atomic E-state index is 5.76. The minimum absolute atomic E-state index is 0.116. The monoisotopic (exact) mass is 229 g/mol. The highest BCUT2D eigenvalue weighted by Crippen LogP contribution is 2.02. The van der Waals surface area contributed by atoms with Gasteiger partial charge in [0.05, 0.1) is 6.61 Å². The van der Waals surface area contributed by atoms with Crippen LogP contribution >= 0.6 is 0 Å². The molecule has 6 heteroatoms. The van der Waals surface area contributed by atoms with Gasteiger partial charge < -0.3 is 19.7 Å². The lowest BCUT2D eigenvalue weighted by molar-refractivity contribution is 0.114. The number of rotatable bonds is 8. The van der Waals surface area contributed by atoms with Crippen LogP contribution in [0.15, 0.2) is 4.52 Å². The van der Waals surface area contributed by atoms with E-state index in [0.29, 0.717) is 38.0 Å². The third kappa shape index (κ3) is 4.69. The molecule has 0 bridgehead atoms. The van der Waals surface area contributed by atoms with E-state index in [4.69, 9.17) is 19.7 Å². The Balaban J connectivity index is 2.33. The van der Waals surface area contributed by atoms with Gasteiger partial charge in [0, 0.05) is 26.2 Å². The van der Waals surface area contributed by atoms with Gasteiger partial charge >= 0.3 is 0 Å². The molecule has 0 fully saturated rings. The fourth-order valence-electron chi connectivity index (χ4n) is 1.24. The smallest absolute Gasteiger partial charge is 0.228 e. The van der Waals surface area contributed by atoms with Crippen molar-refractivity contribution in [3.63, 3.8) is 0 Å². The average molecular weight is 229 g/mol. The number of hydrogen-bond acceptors (Lipinski definition) is 6. The number of aromatic nitrogens is 2. The number of ether oxygens (including phenoxy) is 2. The van der Waals surface area contributed by atoms with E-state index in [1.807, 2.05) is 6.92 Å². The Morgan fingerprint density at radius 1 is 1.50 bits per heavy atom. The standard InChI is InChI=1S/C10H19N3O3/c1-3-4-15-7-9-12-10(16-13-9)5-8(11)6-14-2/h8H,3-7,11H2,1-2H3. The van der Waals surface area contributed by atoms with Gasteiger partial charge in [-0.05, 0) is 6.42 Å². The second-order valence-corrected chi connectivity index (χ2v) is 3.58. The highest BCUT2D eigenvalue weighted by atomic mass is 16.5. The van der Waals surface area contributed by atoms with Gasteiger partial charge in [0.25, 0.3) is 0 Å². The van der Waals surface area contributed by atoms with Crippen molar-refractivity contribution in [2.75, 3.05) is 20.3 Å². The van der Waals surface area contributed by atoms with Crippen molar-refractivity contribution < 1.29 is 14.0 Å². The van der Waals surface area contributed by atoms with E-state index in [9.17, 15) is 0 Å². The van der Waals surface area contributed by atoms with Crippen LogP contribution in [0.25, 0.3) is 0 Å². The summed E-state index contributed by atoms with van der Waals surface area (Å²) in [5.74, 6) is 1.09. The summed E-state index contributed by atoms with van der Waals surface area (Å²) in [6.07, 6.45) is 1.50.